The molecule has 0 heterocycles. The molecule has 1 amide bonds. The molecule has 1 saturated carbocycles. The van der Waals surface area contributed by atoms with Crippen LogP contribution in [-0.2, 0) is 4.74 Å². The summed E-state index contributed by atoms with van der Waals surface area (Å²) in [6, 6.07) is 0.566. The summed E-state index contributed by atoms with van der Waals surface area (Å²) < 4.78 is 5.44. The molecule has 0 aromatic rings. The average molecular weight is 312 g/mol. The first-order valence-electron chi connectivity index (χ1n) is 8.74. The van der Waals surface area contributed by atoms with Crippen molar-refractivity contribution in [3.63, 3.8) is 0 Å². The van der Waals surface area contributed by atoms with Gasteiger partial charge in [-0.3, -0.25) is 0 Å². The molecule has 2 atom stereocenters. The second-order valence-corrected chi connectivity index (χ2v) is 8.62. The fourth-order valence-corrected chi connectivity index (χ4v) is 3.61. The fraction of sp³-hybridized carbons (Fsp3) is 0.944. The van der Waals surface area contributed by atoms with E-state index < -0.39 is 5.60 Å². The van der Waals surface area contributed by atoms with E-state index in [9.17, 15) is 4.79 Å². The predicted molar refractivity (Wildman–Crippen MR) is 92.1 cm³/mol. The minimum atomic E-state index is -0.430. The number of nitrogens with zero attached hydrogens (tertiary/aromatic N) is 1. The van der Waals surface area contributed by atoms with Gasteiger partial charge in [0.05, 0.1) is 0 Å². The van der Waals surface area contributed by atoms with Gasteiger partial charge in [0, 0.05) is 25.7 Å². The normalized spacial score (nSPS) is 24.9. The van der Waals surface area contributed by atoms with E-state index in [0.29, 0.717) is 24.5 Å². The van der Waals surface area contributed by atoms with Crippen LogP contribution < -0.4 is 5.32 Å². The summed E-state index contributed by atoms with van der Waals surface area (Å²) in [6.07, 6.45) is 3.55. The lowest BCUT2D eigenvalue weighted by Gasteiger charge is -2.39. The summed E-state index contributed by atoms with van der Waals surface area (Å²) in [7, 11) is 0. The van der Waals surface area contributed by atoms with E-state index in [2.05, 4.69) is 26.1 Å². The van der Waals surface area contributed by atoms with E-state index in [4.69, 9.17) is 4.74 Å². The molecule has 0 aliphatic heterocycles. The third-order valence-corrected chi connectivity index (χ3v) is 4.24. The summed E-state index contributed by atoms with van der Waals surface area (Å²) in [5, 5.41) is 3.64. The molecule has 2 unspecified atom stereocenters. The molecule has 4 nitrogen and oxygen atoms in total. The number of amides is 1. The molecule has 0 spiro atoms. The molecule has 0 saturated heterocycles. The number of ether oxygens (including phenoxy) is 1. The highest BCUT2D eigenvalue weighted by Crippen LogP contribution is 2.38. The number of nitrogens with one attached hydrogen (secondary N) is 1. The summed E-state index contributed by atoms with van der Waals surface area (Å²) in [6.45, 7) is 17.0. The Morgan fingerprint density at radius 2 is 1.95 bits per heavy atom. The molecule has 0 aromatic carbocycles. The van der Waals surface area contributed by atoms with Crippen LogP contribution >= 0.6 is 0 Å². The Balaban J connectivity index is 2.39. The molecule has 1 rings (SSSR count). The van der Waals surface area contributed by atoms with Gasteiger partial charge in [-0.05, 0) is 58.3 Å². The molecular weight excluding hydrogens is 276 g/mol. The molecule has 1 N–H and O–H groups in total. The Morgan fingerprint density at radius 1 is 1.32 bits per heavy atom. The second-order valence-electron chi connectivity index (χ2n) is 8.62. The number of hydrogen-bond donors (Lipinski definition) is 1. The van der Waals surface area contributed by atoms with Gasteiger partial charge in [-0.25, -0.2) is 4.79 Å². The van der Waals surface area contributed by atoms with Gasteiger partial charge in [-0.15, -0.1) is 0 Å². The van der Waals surface area contributed by atoms with E-state index in [1.54, 1.807) is 4.90 Å². The first-order valence-corrected chi connectivity index (χ1v) is 8.74. The Morgan fingerprint density at radius 3 is 2.45 bits per heavy atom. The Labute approximate surface area is 137 Å². The van der Waals surface area contributed by atoms with E-state index in [0.717, 1.165) is 12.5 Å². The summed E-state index contributed by atoms with van der Waals surface area (Å²) in [4.78, 5) is 13.9. The molecule has 4 heteroatoms. The van der Waals surface area contributed by atoms with Crippen molar-refractivity contribution in [3.05, 3.63) is 0 Å². The van der Waals surface area contributed by atoms with Gasteiger partial charge in [-0.1, -0.05) is 20.8 Å². The summed E-state index contributed by atoms with van der Waals surface area (Å²) in [5.41, 5.74) is -0.00823. The standard InChI is InChI=1S/C18H36N2O2/c1-8-20(16(21)22-17(3,4)5)10-9-19-15-11-14(2)12-18(6,7)13-15/h14-15,19H,8-13H2,1-7H3. The van der Waals surface area contributed by atoms with Crippen LogP contribution in [-0.4, -0.2) is 42.3 Å². The minimum absolute atomic E-state index is 0.214. The van der Waals surface area contributed by atoms with Crippen LogP contribution in [0.1, 0.15) is 67.7 Å². The zero-order valence-electron chi connectivity index (χ0n) is 15.7. The number of hydrogen-bond acceptors (Lipinski definition) is 3. The van der Waals surface area contributed by atoms with E-state index >= 15 is 0 Å². The third-order valence-electron chi connectivity index (χ3n) is 4.24. The van der Waals surface area contributed by atoms with Gasteiger partial charge in [0.2, 0.25) is 0 Å². The number of rotatable bonds is 5. The molecular formula is C18H36N2O2. The van der Waals surface area contributed by atoms with Crippen LogP contribution in [0.5, 0.6) is 0 Å². The zero-order chi connectivity index (χ0) is 17.0. The van der Waals surface area contributed by atoms with Crippen molar-refractivity contribution in [2.45, 2.75) is 79.4 Å². The monoisotopic (exact) mass is 312 g/mol. The van der Waals surface area contributed by atoms with Crippen molar-refractivity contribution < 1.29 is 9.53 Å². The fourth-order valence-electron chi connectivity index (χ4n) is 3.61. The van der Waals surface area contributed by atoms with Crippen LogP contribution in [0.15, 0.2) is 0 Å². The van der Waals surface area contributed by atoms with Gasteiger partial charge < -0.3 is 15.0 Å². The van der Waals surface area contributed by atoms with Crippen molar-refractivity contribution in [2.75, 3.05) is 19.6 Å². The summed E-state index contributed by atoms with van der Waals surface area (Å²) >= 11 is 0. The largest absolute Gasteiger partial charge is 0.444 e. The SMILES string of the molecule is CCN(CCNC1CC(C)CC(C)(C)C1)C(=O)OC(C)(C)C. The van der Waals surface area contributed by atoms with Crippen LogP contribution in [0, 0.1) is 11.3 Å². The first kappa shape index (κ1) is 19.3. The molecule has 0 aromatic heterocycles. The van der Waals surface area contributed by atoms with Crippen LogP contribution in [0.3, 0.4) is 0 Å². The molecule has 1 fully saturated rings. The highest BCUT2D eigenvalue weighted by atomic mass is 16.6. The molecule has 0 bridgehead atoms. The highest BCUT2D eigenvalue weighted by Gasteiger charge is 2.31. The van der Waals surface area contributed by atoms with Crippen molar-refractivity contribution in [2.24, 2.45) is 11.3 Å². The van der Waals surface area contributed by atoms with E-state index in [1.807, 2.05) is 27.7 Å². The third kappa shape index (κ3) is 6.99. The van der Waals surface area contributed by atoms with Gasteiger partial charge in [0.25, 0.3) is 0 Å². The van der Waals surface area contributed by atoms with Crippen LogP contribution in [0.4, 0.5) is 4.79 Å². The van der Waals surface area contributed by atoms with Gasteiger partial charge in [-0.2, -0.15) is 0 Å². The lowest BCUT2D eigenvalue weighted by Crippen LogP contribution is -2.45. The maximum absolute atomic E-state index is 12.1. The molecule has 1 aliphatic carbocycles. The number of likely N-dealkylation sites (N-methyl/N-ethyl adjacent to an activating group) is 1. The number of carbonyl (C=O) groups excluding carboxylic acids is 1. The minimum Gasteiger partial charge on any atom is -0.444 e. The van der Waals surface area contributed by atoms with Crippen molar-refractivity contribution in [3.8, 4) is 0 Å². The molecule has 0 radical (unpaired) electrons. The highest BCUT2D eigenvalue weighted by molar-refractivity contribution is 5.68. The quantitative estimate of drug-likeness (QED) is 0.832. The molecule has 1 aliphatic rings. The first-order chi connectivity index (χ1) is 10.0. The lowest BCUT2D eigenvalue weighted by atomic mass is 9.70. The van der Waals surface area contributed by atoms with Gasteiger partial charge in [0.1, 0.15) is 5.60 Å². The van der Waals surface area contributed by atoms with Gasteiger partial charge in [0.15, 0.2) is 0 Å². The lowest BCUT2D eigenvalue weighted by molar-refractivity contribution is 0.0257. The predicted octanol–water partition coefficient (Wildman–Crippen LogP) is 4.05. The Hall–Kier alpha value is -0.770. The van der Waals surface area contributed by atoms with E-state index in [-0.39, 0.29) is 6.09 Å². The Kier molecular flexibility index (Phi) is 6.72. The number of carbonyl (C=O) groups is 1. The zero-order valence-corrected chi connectivity index (χ0v) is 15.7. The Bertz CT molecular complexity index is 361. The molecule has 22 heavy (non-hydrogen) atoms. The van der Waals surface area contributed by atoms with Crippen molar-refractivity contribution >= 4 is 6.09 Å². The smallest absolute Gasteiger partial charge is 0.410 e. The van der Waals surface area contributed by atoms with E-state index in [1.165, 1.54) is 19.3 Å². The van der Waals surface area contributed by atoms with Gasteiger partial charge >= 0.3 is 6.09 Å². The van der Waals surface area contributed by atoms with Crippen molar-refractivity contribution in [1.82, 2.24) is 10.2 Å². The topological polar surface area (TPSA) is 41.6 Å². The van der Waals surface area contributed by atoms with Crippen LogP contribution in [0.2, 0.25) is 0 Å². The molecule has 130 valence electrons. The maximum atomic E-state index is 12.1. The second kappa shape index (κ2) is 7.67. The van der Waals surface area contributed by atoms with Crippen LogP contribution in [0.25, 0.3) is 0 Å². The maximum Gasteiger partial charge on any atom is 0.410 e. The summed E-state index contributed by atoms with van der Waals surface area (Å²) in [5.74, 6) is 0.773. The van der Waals surface area contributed by atoms with Crippen molar-refractivity contribution in [1.29, 1.82) is 0 Å². The average Bonchev–Trinajstić information content (AvgIpc) is 2.29.